The summed E-state index contributed by atoms with van der Waals surface area (Å²) in [6.45, 7) is 4.75. The van der Waals surface area contributed by atoms with E-state index < -0.39 is 0 Å². The molecular formula is C33H44N4O3S. The lowest BCUT2D eigenvalue weighted by Gasteiger charge is -2.58. The summed E-state index contributed by atoms with van der Waals surface area (Å²) < 4.78 is 0.829. The quantitative estimate of drug-likeness (QED) is 0.209. The van der Waals surface area contributed by atoms with Gasteiger partial charge in [-0.05, 0) is 105 Å². The minimum absolute atomic E-state index is 0.114. The number of carbonyl (C=O) groups is 1. The van der Waals surface area contributed by atoms with E-state index in [2.05, 4.69) is 44.8 Å². The number of fused-ring (bicyclic) bond motifs is 1. The number of phenols is 1. The van der Waals surface area contributed by atoms with E-state index in [0.717, 1.165) is 84.9 Å². The maximum absolute atomic E-state index is 13.6. The van der Waals surface area contributed by atoms with Crippen molar-refractivity contribution in [1.82, 2.24) is 20.5 Å². The molecule has 0 aliphatic heterocycles. The molecule has 7 nitrogen and oxygen atoms in total. The third-order valence-electron chi connectivity index (χ3n) is 9.76. The number of thiazole rings is 1. The molecule has 0 unspecified atom stereocenters. The van der Waals surface area contributed by atoms with E-state index in [-0.39, 0.29) is 16.5 Å². The van der Waals surface area contributed by atoms with Crippen molar-refractivity contribution in [3.8, 4) is 5.75 Å². The van der Waals surface area contributed by atoms with Crippen molar-refractivity contribution in [2.75, 3.05) is 39.3 Å². The number of nitrogens with zero attached hydrogens (tertiary/aromatic N) is 1. The molecule has 0 atom stereocenters. The molecule has 4 saturated carbocycles. The molecule has 4 aliphatic rings. The first kappa shape index (κ1) is 28.4. The average molecular weight is 577 g/mol. The maximum Gasteiger partial charge on any atom is 0.305 e. The Morgan fingerprint density at radius 1 is 0.927 bits per heavy atom. The van der Waals surface area contributed by atoms with E-state index >= 15 is 0 Å². The van der Waals surface area contributed by atoms with Crippen LogP contribution in [0.5, 0.6) is 5.75 Å². The van der Waals surface area contributed by atoms with Crippen molar-refractivity contribution >= 4 is 27.5 Å². The van der Waals surface area contributed by atoms with Crippen LogP contribution >= 0.6 is 11.3 Å². The van der Waals surface area contributed by atoms with Gasteiger partial charge in [0.1, 0.15) is 11.3 Å². The van der Waals surface area contributed by atoms with Gasteiger partial charge in [-0.25, -0.2) is 0 Å². The Balaban J connectivity index is 1.02. The number of aromatic hydroxyl groups is 1. The SMILES string of the molecule is O=C(CCNCCc1ccccc1)N(CCNCCc1ccc(O)c2[nH]c(=O)sc12)CC12CC3CC(CC(C3)C1)C2. The first-order valence-electron chi connectivity index (χ1n) is 15.5. The van der Waals surface area contributed by atoms with Gasteiger partial charge in [0.25, 0.3) is 0 Å². The maximum atomic E-state index is 13.6. The molecule has 8 heteroatoms. The molecule has 1 amide bonds. The number of benzene rings is 2. The van der Waals surface area contributed by atoms with Crippen LogP contribution < -0.4 is 15.5 Å². The van der Waals surface area contributed by atoms with E-state index in [1.165, 1.54) is 44.1 Å². The number of carbonyl (C=O) groups excluding carboxylic acids is 1. The van der Waals surface area contributed by atoms with Crippen LogP contribution in [-0.4, -0.2) is 60.2 Å². The third kappa shape index (κ3) is 6.87. The molecule has 1 heterocycles. The van der Waals surface area contributed by atoms with E-state index in [1.54, 1.807) is 6.07 Å². The van der Waals surface area contributed by atoms with Crippen LogP contribution in [0.25, 0.3) is 10.2 Å². The van der Waals surface area contributed by atoms with Gasteiger partial charge in [0.15, 0.2) is 0 Å². The highest BCUT2D eigenvalue weighted by molar-refractivity contribution is 7.16. The van der Waals surface area contributed by atoms with Gasteiger partial charge in [0.2, 0.25) is 5.91 Å². The number of hydrogen-bond acceptors (Lipinski definition) is 6. The molecule has 220 valence electrons. The fraction of sp³-hybridized carbons (Fsp3) is 0.576. The highest BCUT2D eigenvalue weighted by Crippen LogP contribution is 2.60. The molecule has 0 spiro atoms. The number of aromatic nitrogens is 1. The van der Waals surface area contributed by atoms with Crippen LogP contribution in [0.1, 0.15) is 56.1 Å². The van der Waals surface area contributed by atoms with Crippen molar-refractivity contribution in [2.45, 2.75) is 57.8 Å². The molecule has 41 heavy (non-hydrogen) atoms. The predicted molar refractivity (Wildman–Crippen MR) is 166 cm³/mol. The smallest absolute Gasteiger partial charge is 0.305 e. The van der Waals surface area contributed by atoms with Gasteiger partial charge in [0, 0.05) is 32.6 Å². The second-order valence-electron chi connectivity index (χ2n) is 12.9. The molecule has 0 radical (unpaired) electrons. The van der Waals surface area contributed by atoms with Gasteiger partial charge in [-0.2, -0.15) is 0 Å². The molecule has 0 saturated heterocycles. The third-order valence-corrected chi connectivity index (χ3v) is 10.7. The van der Waals surface area contributed by atoms with Gasteiger partial charge < -0.3 is 25.6 Å². The predicted octanol–water partition coefficient (Wildman–Crippen LogP) is 4.69. The van der Waals surface area contributed by atoms with Crippen molar-refractivity contribution in [2.24, 2.45) is 23.2 Å². The molecule has 4 bridgehead atoms. The topological polar surface area (TPSA) is 97.5 Å². The van der Waals surface area contributed by atoms with Crippen molar-refractivity contribution in [3.05, 3.63) is 63.3 Å². The zero-order valence-corrected chi connectivity index (χ0v) is 24.8. The van der Waals surface area contributed by atoms with Gasteiger partial charge >= 0.3 is 4.87 Å². The largest absolute Gasteiger partial charge is 0.506 e. The molecule has 7 rings (SSSR count). The normalized spacial score (nSPS) is 24.7. The van der Waals surface area contributed by atoms with Gasteiger partial charge in [0.05, 0.1) is 4.70 Å². The number of hydrogen-bond donors (Lipinski definition) is 4. The Morgan fingerprint density at radius 2 is 1.61 bits per heavy atom. The van der Waals surface area contributed by atoms with Crippen LogP contribution in [-0.2, 0) is 17.6 Å². The van der Waals surface area contributed by atoms with Crippen LogP contribution in [0.15, 0.2) is 47.3 Å². The highest BCUT2D eigenvalue weighted by Gasteiger charge is 2.51. The lowest BCUT2D eigenvalue weighted by molar-refractivity contribution is -0.137. The van der Waals surface area contributed by atoms with E-state index in [9.17, 15) is 14.7 Å². The van der Waals surface area contributed by atoms with Crippen LogP contribution in [0.4, 0.5) is 0 Å². The number of nitrogens with one attached hydrogen (secondary N) is 3. The number of amides is 1. The van der Waals surface area contributed by atoms with Crippen molar-refractivity contribution in [3.63, 3.8) is 0 Å². The van der Waals surface area contributed by atoms with Crippen LogP contribution in [0.2, 0.25) is 0 Å². The minimum Gasteiger partial charge on any atom is -0.506 e. The average Bonchev–Trinajstić information content (AvgIpc) is 3.35. The highest BCUT2D eigenvalue weighted by atomic mass is 32.1. The zero-order chi connectivity index (χ0) is 28.2. The Hall–Kier alpha value is -2.68. The van der Waals surface area contributed by atoms with E-state index in [0.29, 0.717) is 23.9 Å². The Morgan fingerprint density at radius 3 is 2.34 bits per heavy atom. The summed E-state index contributed by atoms with van der Waals surface area (Å²) in [5.41, 5.74) is 3.23. The first-order valence-corrected chi connectivity index (χ1v) is 16.3. The fourth-order valence-corrected chi connectivity index (χ4v) is 9.27. The fourth-order valence-electron chi connectivity index (χ4n) is 8.37. The van der Waals surface area contributed by atoms with E-state index in [4.69, 9.17) is 0 Å². The van der Waals surface area contributed by atoms with Crippen molar-refractivity contribution in [1.29, 1.82) is 0 Å². The summed E-state index contributed by atoms with van der Waals surface area (Å²) in [4.78, 5) is 30.2. The Bertz CT molecular complexity index is 1350. The molecule has 4 fully saturated rings. The van der Waals surface area contributed by atoms with Gasteiger partial charge in [-0.1, -0.05) is 47.7 Å². The number of rotatable bonds is 14. The second-order valence-corrected chi connectivity index (χ2v) is 13.9. The molecule has 3 aromatic rings. The summed E-state index contributed by atoms with van der Waals surface area (Å²) in [6.07, 6.45) is 10.5. The van der Waals surface area contributed by atoms with Crippen LogP contribution in [0, 0.1) is 23.2 Å². The molecule has 2 aromatic carbocycles. The first-order chi connectivity index (χ1) is 20.0. The number of H-pyrrole nitrogens is 1. The standard InChI is InChI=1S/C33H44N4O3S/c38-28-7-6-27(31-30(28)36-32(40)41-31)9-12-35-14-15-37(22-33-19-24-16-25(20-33)18-26(17-24)21-33)29(39)10-13-34-11-8-23-4-2-1-3-5-23/h1-7,24-26,34-35,38H,8-22H2,(H,36,40). The Kier molecular flexibility index (Phi) is 8.79. The van der Waals surface area contributed by atoms with Crippen molar-refractivity contribution < 1.29 is 9.90 Å². The summed E-state index contributed by atoms with van der Waals surface area (Å²) in [5, 5.41) is 17.1. The molecule has 1 aromatic heterocycles. The summed E-state index contributed by atoms with van der Waals surface area (Å²) in [6, 6.07) is 14.0. The number of aromatic amines is 1. The van der Waals surface area contributed by atoms with Gasteiger partial charge in [-0.3, -0.25) is 9.59 Å². The minimum atomic E-state index is -0.149. The monoisotopic (exact) mass is 576 g/mol. The van der Waals surface area contributed by atoms with E-state index in [1.807, 2.05) is 12.1 Å². The number of phenolic OH excluding ortho intramolecular Hbond substituents is 1. The Labute approximate surface area is 246 Å². The zero-order valence-electron chi connectivity index (χ0n) is 24.0. The summed E-state index contributed by atoms with van der Waals surface area (Å²) in [5.74, 6) is 3.02. The summed E-state index contributed by atoms with van der Waals surface area (Å²) in [7, 11) is 0. The summed E-state index contributed by atoms with van der Waals surface area (Å²) >= 11 is 1.15. The molecular weight excluding hydrogens is 532 g/mol. The van der Waals surface area contributed by atoms with Crippen LogP contribution in [0.3, 0.4) is 0 Å². The molecule has 4 aliphatic carbocycles. The molecule has 4 N–H and O–H groups in total. The second kappa shape index (κ2) is 12.7. The van der Waals surface area contributed by atoms with Gasteiger partial charge in [-0.15, -0.1) is 0 Å². The lowest BCUT2D eigenvalue weighted by atomic mass is 9.49. The lowest BCUT2D eigenvalue weighted by Crippen LogP contribution is -2.53.